The average molecular weight is 306 g/mol. The van der Waals surface area contributed by atoms with Crippen LogP contribution >= 0.6 is 0 Å². The predicted octanol–water partition coefficient (Wildman–Crippen LogP) is 4.32. The van der Waals surface area contributed by atoms with E-state index in [4.69, 9.17) is 0 Å². The summed E-state index contributed by atoms with van der Waals surface area (Å²) in [4.78, 5) is 12.1. The highest BCUT2D eigenvalue weighted by Gasteiger charge is 2.14. The van der Waals surface area contributed by atoms with Gasteiger partial charge in [-0.2, -0.15) is 5.26 Å². The molecule has 0 atom stereocenters. The summed E-state index contributed by atoms with van der Waals surface area (Å²) in [5.74, 6) is 0. The van der Waals surface area contributed by atoms with Crippen molar-refractivity contribution in [2.75, 3.05) is 0 Å². The Morgan fingerprint density at radius 3 is 2.52 bits per heavy atom. The molecule has 23 heavy (non-hydrogen) atoms. The molecule has 0 saturated heterocycles. The summed E-state index contributed by atoms with van der Waals surface area (Å²) in [5, 5.41) is 17.8. The molecule has 5 nitrogen and oxygen atoms in total. The molecule has 1 heterocycles. The molecule has 0 bridgehead atoms. The number of aromatic nitrogens is 1. The molecule has 0 saturated carbocycles. The van der Waals surface area contributed by atoms with E-state index in [0.717, 1.165) is 11.1 Å². The van der Waals surface area contributed by atoms with Gasteiger partial charge in [-0.25, -0.2) is 0 Å². The number of nitriles is 1. The molecule has 0 fully saturated rings. The Bertz CT molecular complexity index is 914. The summed E-state index contributed by atoms with van der Waals surface area (Å²) in [5.41, 5.74) is 4.05. The summed E-state index contributed by atoms with van der Waals surface area (Å²) in [7, 11) is 1.62. The van der Waals surface area contributed by atoms with Gasteiger partial charge in [-0.1, -0.05) is 24.8 Å². The maximum Gasteiger partial charge on any atom is 0.268 e. The van der Waals surface area contributed by atoms with Gasteiger partial charge in [0.05, 0.1) is 5.69 Å². The van der Waals surface area contributed by atoms with Gasteiger partial charge in [0.1, 0.15) is 17.3 Å². The highest BCUT2D eigenvalue weighted by atomic mass is 16.1. The smallest absolute Gasteiger partial charge is 0.268 e. The highest BCUT2D eigenvalue weighted by Crippen LogP contribution is 2.29. The molecule has 0 spiro atoms. The zero-order chi connectivity index (χ0) is 17.1. The Morgan fingerprint density at radius 2 is 1.91 bits per heavy atom. The van der Waals surface area contributed by atoms with Crippen LogP contribution in [-0.2, 0) is 7.05 Å². The summed E-state index contributed by atoms with van der Waals surface area (Å²) < 4.78 is 1.42. The van der Waals surface area contributed by atoms with Crippen molar-refractivity contribution in [2.24, 2.45) is 17.3 Å². The minimum Gasteiger partial charge on any atom is -0.313 e. The number of azo groups is 1. The van der Waals surface area contributed by atoms with Crippen molar-refractivity contribution in [2.45, 2.75) is 20.8 Å². The predicted molar refractivity (Wildman–Crippen MR) is 91.2 cm³/mol. The molecule has 0 aliphatic rings. The van der Waals surface area contributed by atoms with E-state index in [1.54, 1.807) is 20.9 Å². The van der Waals surface area contributed by atoms with E-state index in [0.29, 0.717) is 22.6 Å². The highest BCUT2D eigenvalue weighted by molar-refractivity contribution is 5.71. The molecular formula is C18H18N4O. The minimum absolute atomic E-state index is 0.0974. The second-order valence-corrected chi connectivity index (χ2v) is 5.41. The van der Waals surface area contributed by atoms with Crippen molar-refractivity contribution in [3.63, 3.8) is 0 Å². The zero-order valence-electron chi connectivity index (χ0n) is 13.7. The molecule has 116 valence electrons. The van der Waals surface area contributed by atoms with Crippen LogP contribution in [0.3, 0.4) is 0 Å². The fourth-order valence-electron chi connectivity index (χ4n) is 2.33. The summed E-state index contributed by atoms with van der Waals surface area (Å²) >= 11 is 0. The molecule has 0 radical (unpaired) electrons. The normalized spacial score (nSPS) is 10.7. The first-order chi connectivity index (χ1) is 10.9. The van der Waals surface area contributed by atoms with Crippen LogP contribution in [0.25, 0.3) is 5.57 Å². The third kappa shape index (κ3) is 2.97. The lowest BCUT2D eigenvalue weighted by Crippen LogP contribution is -2.23. The number of benzene rings is 1. The van der Waals surface area contributed by atoms with Crippen LogP contribution < -0.4 is 5.56 Å². The average Bonchev–Trinajstić information content (AvgIpc) is 2.53. The Labute approximate surface area is 135 Å². The largest absolute Gasteiger partial charge is 0.313 e. The molecule has 5 heteroatoms. The monoisotopic (exact) mass is 306 g/mol. The second kappa shape index (κ2) is 6.41. The standard InChI is InChI=1S/C18H18N4O/c1-11(2)14-8-6-7-9-16(14)20-21-17-12(3)15(10-19)18(23)22(5)13(17)4/h6-9H,1H2,2-5H3. The third-order valence-corrected chi connectivity index (χ3v) is 3.83. The second-order valence-electron chi connectivity index (χ2n) is 5.41. The summed E-state index contributed by atoms with van der Waals surface area (Å²) in [6.45, 7) is 9.35. The molecule has 0 N–H and O–H groups in total. The first-order valence-electron chi connectivity index (χ1n) is 7.15. The van der Waals surface area contributed by atoms with Gasteiger partial charge < -0.3 is 4.57 Å². The Hall–Kier alpha value is -3.00. The molecule has 0 amide bonds. The van der Waals surface area contributed by atoms with Crippen LogP contribution in [0.15, 0.2) is 45.9 Å². The lowest BCUT2D eigenvalue weighted by Gasteiger charge is -2.10. The zero-order valence-corrected chi connectivity index (χ0v) is 13.7. The molecule has 0 unspecified atom stereocenters. The van der Waals surface area contributed by atoms with Crippen LogP contribution in [-0.4, -0.2) is 4.57 Å². The van der Waals surface area contributed by atoms with Gasteiger partial charge in [-0.3, -0.25) is 4.79 Å². The van der Waals surface area contributed by atoms with Gasteiger partial charge >= 0.3 is 0 Å². The number of hydrogen-bond acceptors (Lipinski definition) is 4. The maximum atomic E-state index is 12.1. The van der Waals surface area contributed by atoms with Gasteiger partial charge in [0.25, 0.3) is 5.56 Å². The lowest BCUT2D eigenvalue weighted by atomic mass is 10.1. The van der Waals surface area contributed by atoms with Crippen LogP contribution in [0.1, 0.15) is 29.3 Å². The minimum atomic E-state index is -0.316. The van der Waals surface area contributed by atoms with Crippen molar-refractivity contribution in [3.05, 3.63) is 63.6 Å². The summed E-state index contributed by atoms with van der Waals surface area (Å²) in [6, 6.07) is 9.52. The van der Waals surface area contributed by atoms with Crippen molar-refractivity contribution >= 4 is 16.9 Å². The lowest BCUT2D eigenvalue weighted by molar-refractivity contribution is 0.808. The maximum absolute atomic E-state index is 12.1. The van der Waals surface area contributed by atoms with Crippen LogP contribution in [0, 0.1) is 25.2 Å². The van der Waals surface area contributed by atoms with E-state index >= 15 is 0 Å². The fraction of sp³-hybridized carbons (Fsp3) is 0.222. The molecule has 1 aromatic carbocycles. The van der Waals surface area contributed by atoms with E-state index in [1.807, 2.05) is 37.3 Å². The molecular weight excluding hydrogens is 288 g/mol. The third-order valence-electron chi connectivity index (χ3n) is 3.83. The van der Waals surface area contributed by atoms with E-state index in [9.17, 15) is 10.1 Å². The topological polar surface area (TPSA) is 70.5 Å². The summed E-state index contributed by atoms with van der Waals surface area (Å²) in [6.07, 6.45) is 0. The SMILES string of the molecule is C=C(C)c1ccccc1N=Nc1c(C)c(C#N)c(=O)n(C)c1C. The van der Waals surface area contributed by atoms with Crippen LogP contribution in [0.4, 0.5) is 11.4 Å². The quantitative estimate of drug-likeness (QED) is 0.792. The molecule has 0 aliphatic heterocycles. The van der Waals surface area contributed by atoms with Crippen molar-refractivity contribution in [1.82, 2.24) is 4.57 Å². The van der Waals surface area contributed by atoms with Crippen molar-refractivity contribution in [3.8, 4) is 6.07 Å². The van der Waals surface area contributed by atoms with Crippen molar-refractivity contribution < 1.29 is 0 Å². The van der Waals surface area contributed by atoms with Gasteiger partial charge in [0.2, 0.25) is 0 Å². The number of hydrogen-bond donors (Lipinski definition) is 0. The first kappa shape index (κ1) is 16.4. The number of pyridine rings is 1. The molecule has 2 rings (SSSR count). The van der Waals surface area contributed by atoms with Crippen molar-refractivity contribution in [1.29, 1.82) is 5.26 Å². The van der Waals surface area contributed by atoms with Crippen LogP contribution in [0.5, 0.6) is 0 Å². The first-order valence-corrected chi connectivity index (χ1v) is 7.15. The Balaban J connectivity index is 2.63. The van der Waals surface area contributed by atoms with Gasteiger partial charge in [0.15, 0.2) is 0 Å². The van der Waals surface area contributed by atoms with Gasteiger partial charge in [0, 0.05) is 23.9 Å². The molecule has 0 aliphatic carbocycles. The molecule has 1 aromatic heterocycles. The number of nitrogens with zero attached hydrogens (tertiary/aromatic N) is 4. The van der Waals surface area contributed by atoms with Gasteiger partial charge in [-0.05, 0) is 32.4 Å². The fourth-order valence-corrected chi connectivity index (χ4v) is 2.33. The van der Waals surface area contributed by atoms with Crippen LogP contribution in [0.2, 0.25) is 0 Å². The van der Waals surface area contributed by atoms with E-state index in [-0.39, 0.29) is 11.1 Å². The van der Waals surface area contributed by atoms with E-state index in [1.165, 1.54) is 4.57 Å². The Kier molecular flexibility index (Phi) is 4.56. The van der Waals surface area contributed by atoms with E-state index < -0.39 is 0 Å². The number of rotatable bonds is 3. The Morgan fingerprint density at radius 1 is 1.26 bits per heavy atom. The van der Waals surface area contributed by atoms with Gasteiger partial charge in [-0.15, -0.1) is 10.2 Å². The molecule has 2 aromatic rings. The van der Waals surface area contributed by atoms with E-state index in [2.05, 4.69) is 16.8 Å². The number of allylic oxidation sites excluding steroid dienone is 1.